The fraction of sp³-hybridized carbons (Fsp3) is 0.867. The summed E-state index contributed by atoms with van der Waals surface area (Å²) in [6, 6.07) is 0. The van der Waals surface area contributed by atoms with Crippen molar-refractivity contribution in [2.45, 2.75) is 32.6 Å². The van der Waals surface area contributed by atoms with Crippen LogP contribution in [0.5, 0.6) is 0 Å². The number of nitrogens with one attached hydrogen (secondary N) is 1. The van der Waals surface area contributed by atoms with E-state index in [4.69, 9.17) is 4.74 Å². The van der Waals surface area contributed by atoms with Gasteiger partial charge in [-0.2, -0.15) is 0 Å². The molecule has 0 aromatic heterocycles. The number of carbonyl (C=O) groups excluding carboxylic acids is 1. The van der Waals surface area contributed by atoms with Gasteiger partial charge in [0.1, 0.15) is 0 Å². The molecule has 0 spiro atoms. The Hall–Kier alpha value is -0.530. The SMILES string of the molecule is CN=C(NCCCC1CC1)N1CC(C)C(C(=O)OC)C1.I. The van der Waals surface area contributed by atoms with Gasteiger partial charge in [-0.1, -0.05) is 19.8 Å². The Morgan fingerprint density at radius 3 is 2.67 bits per heavy atom. The van der Waals surface area contributed by atoms with Gasteiger partial charge in [-0.25, -0.2) is 0 Å². The van der Waals surface area contributed by atoms with Gasteiger partial charge < -0.3 is 15.0 Å². The van der Waals surface area contributed by atoms with Crippen LogP contribution in [-0.2, 0) is 9.53 Å². The molecule has 0 aromatic rings. The molecule has 6 heteroatoms. The Balaban J connectivity index is 0.00000220. The van der Waals surface area contributed by atoms with Crippen molar-refractivity contribution in [3.05, 3.63) is 0 Å². The second kappa shape index (κ2) is 8.80. The average Bonchev–Trinajstić information content (AvgIpc) is 3.20. The number of hydrogen-bond acceptors (Lipinski definition) is 3. The van der Waals surface area contributed by atoms with Crippen LogP contribution in [0.4, 0.5) is 0 Å². The van der Waals surface area contributed by atoms with Gasteiger partial charge in [0.2, 0.25) is 0 Å². The summed E-state index contributed by atoms with van der Waals surface area (Å²) in [7, 11) is 3.27. The maximum atomic E-state index is 11.7. The van der Waals surface area contributed by atoms with Crippen LogP contribution in [0.2, 0.25) is 0 Å². The molecule has 2 unspecified atom stereocenters. The van der Waals surface area contributed by atoms with E-state index in [1.165, 1.54) is 32.8 Å². The molecule has 5 nitrogen and oxygen atoms in total. The molecule has 1 aliphatic heterocycles. The van der Waals surface area contributed by atoms with Crippen molar-refractivity contribution in [2.75, 3.05) is 33.8 Å². The number of hydrogen-bond donors (Lipinski definition) is 1. The standard InChI is InChI=1S/C15H27N3O2.HI/c1-11-9-18(10-13(11)14(19)20-3)15(16-2)17-8-4-5-12-6-7-12;/h11-13H,4-10H2,1-3H3,(H,16,17);1H. The summed E-state index contributed by atoms with van der Waals surface area (Å²) >= 11 is 0. The minimum absolute atomic E-state index is 0. The predicted molar refractivity (Wildman–Crippen MR) is 95.0 cm³/mol. The normalized spacial score (nSPS) is 25.5. The number of halogens is 1. The summed E-state index contributed by atoms with van der Waals surface area (Å²) in [6.45, 7) is 4.64. The lowest BCUT2D eigenvalue weighted by Crippen LogP contribution is -2.41. The first kappa shape index (κ1) is 18.5. The van der Waals surface area contributed by atoms with E-state index in [0.29, 0.717) is 12.5 Å². The number of methoxy groups -OCH3 is 1. The van der Waals surface area contributed by atoms with Gasteiger partial charge in [0.05, 0.1) is 13.0 Å². The number of rotatable bonds is 5. The van der Waals surface area contributed by atoms with Gasteiger partial charge in [-0.15, -0.1) is 24.0 Å². The number of guanidine groups is 1. The van der Waals surface area contributed by atoms with E-state index in [0.717, 1.165) is 25.0 Å². The van der Waals surface area contributed by atoms with Crippen molar-refractivity contribution < 1.29 is 9.53 Å². The lowest BCUT2D eigenvalue weighted by Gasteiger charge is -2.21. The Morgan fingerprint density at radius 1 is 1.38 bits per heavy atom. The number of ether oxygens (including phenoxy) is 1. The molecule has 1 heterocycles. The molecule has 0 bridgehead atoms. The van der Waals surface area contributed by atoms with E-state index in [-0.39, 0.29) is 35.9 Å². The number of aliphatic imine (C=N–C) groups is 1. The van der Waals surface area contributed by atoms with E-state index in [9.17, 15) is 4.79 Å². The van der Waals surface area contributed by atoms with Crippen molar-refractivity contribution in [3.63, 3.8) is 0 Å². The molecular weight excluding hydrogens is 381 g/mol. The third-order valence-electron chi connectivity index (χ3n) is 4.40. The number of likely N-dealkylation sites (tertiary alicyclic amines) is 1. The molecule has 0 radical (unpaired) electrons. The van der Waals surface area contributed by atoms with Gasteiger partial charge in [-0.05, 0) is 24.7 Å². The van der Waals surface area contributed by atoms with E-state index in [1.807, 2.05) is 0 Å². The first-order chi connectivity index (χ1) is 9.65. The Kier molecular flexibility index (Phi) is 7.76. The summed E-state index contributed by atoms with van der Waals surface area (Å²) in [6.07, 6.45) is 5.36. The van der Waals surface area contributed by atoms with E-state index < -0.39 is 0 Å². The highest BCUT2D eigenvalue weighted by Gasteiger charge is 2.36. The molecule has 2 rings (SSSR count). The molecule has 122 valence electrons. The molecule has 1 saturated heterocycles. The van der Waals surface area contributed by atoms with Crippen LogP contribution in [0.15, 0.2) is 4.99 Å². The van der Waals surface area contributed by atoms with Crippen molar-refractivity contribution >= 4 is 35.9 Å². The van der Waals surface area contributed by atoms with Gasteiger partial charge in [0.15, 0.2) is 5.96 Å². The Bertz CT molecular complexity index is 372. The van der Waals surface area contributed by atoms with E-state index in [2.05, 4.69) is 22.1 Å². The van der Waals surface area contributed by atoms with Crippen LogP contribution in [0, 0.1) is 17.8 Å². The molecule has 1 N–H and O–H groups in total. The third kappa shape index (κ3) is 5.30. The maximum Gasteiger partial charge on any atom is 0.310 e. The second-order valence-corrected chi connectivity index (χ2v) is 6.07. The number of nitrogens with zero attached hydrogens (tertiary/aromatic N) is 2. The van der Waals surface area contributed by atoms with E-state index in [1.54, 1.807) is 7.05 Å². The highest BCUT2D eigenvalue weighted by atomic mass is 127. The second-order valence-electron chi connectivity index (χ2n) is 6.07. The lowest BCUT2D eigenvalue weighted by atomic mass is 9.99. The summed E-state index contributed by atoms with van der Waals surface area (Å²) in [4.78, 5) is 18.2. The van der Waals surface area contributed by atoms with Crippen LogP contribution in [-0.4, -0.2) is 50.6 Å². The Morgan fingerprint density at radius 2 is 2.10 bits per heavy atom. The predicted octanol–water partition coefficient (Wildman–Crippen LogP) is 2.11. The smallest absolute Gasteiger partial charge is 0.310 e. The quantitative estimate of drug-likeness (QED) is 0.249. The van der Waals surface area contributed by atoms with Crippen molar-refractivity contribution in [1.82, 2.24) is 10.2 Å². The monoisotopic (exact) mass is 409 g/mol. The average molecular weight is 409 g/mol. The zero-order chi connectivity index (χ0) is 14.5. The molecular formula is C15H28IN3O2. The van der Waals surface area contributed by atoms with Crippen LogP contribution < -0.4 is 5.32 Å². The summed E-state index contributed by atoms with van der Waals surface area (Å²) in [5.74, 6) is 2.06. The molecule has 1 aliphatic carbocycles. The summed E-state index contributed by atoms with van der Waals surface area (Å²) in [5.41, 5.74) is 0. The lowest BCUT2D eigenvalue weighted by molar-refractivity contribution is -0.145. The van der Waals surface area contributed by atoms with Crippen LogP contribution >= 0.6 is 24.0 Å². The fourth-order valence-corrected chi connectivity index (χ4v) is 2.93. The molecule has 2 aliphatic rings. The topological polar surface area (TPSA) is 53.9 Å². The molecule has 0 amide bonds. The zero-order valence-corrected chi connectivity index (χ0v) is 15.6. The molecule has 21 heavy (non-hydrogen) atoms. The van der Waals surface area contributed by atoms with E-state index >= 15 is 0 Å². The number of carbonyl (C=O) groups is 1. The maximum absolute atomic E-state index is 11.7. The van der Waals surface area contributed by atoms with Gasteiger partial charge >= 0.3 is 5.97 Å². The minimum atomic E-state index is -0.107. The van der Waals surface area contributed by atoms with Gasteiger partial charge in [0.25, 0.3) is 0 Å². The highest BCUT2D eigenvalue weighted by Crippen LogP contribution is 2.33. The summed E-state index contributed by atoms with van der Waals surface area (Å²) in [5, 5.41) is 3.42. The fourth-order valence-electron chi connectivity index (χ4n) is 2.93. The van der Waals surface area contributed by atoms with Crippen LogP contribution in [0.25, 0.3) is 0 Å². The molecule has 2 fully saturated rings. The van der Waals surface area contributed by atoms with Crippen molar-refractivity contribution in [3.8, 4) is 0 Å². The molecule has 1 saturated carbocycles. The first-order valence-electron chi connectivity index (χ1n) is 7.69. The Labute approximate surface area is 144 Å². The van der Waals surface area contributed by atoms with Gasteiger partial charge in [0, 0.05) is 26.7 Å². The minimum Gasteiger partial charge on any atom is -0.469 e. The van der Waals surface area contributed by atoms with Gasteiger partial charge in [-0.3, -0.25) is 9.79 Å². The van der Waals surface area contributed by atoms with Crippen molar-refractivity contribution in [2.24, 2.45) is 22.7 Å². The summed E-state index contributed by atoms with van der Waals surface area (Å²) < 4.78 is 4.87. The zero-order valence-electron chi connectivity index (χ0n) is 13.3. The molecule has 0 aromatic carbocycles. The third-order valence-corrected chi connectivity index (χ3v) is 4.40. The first-order valence-corrected chi connectivity index (χ1v) is 7.69. The largest absolute Gasteiger partial charge is 0.469 e. The number of esters is 1. The van der Waals surface area contributed by atoms with Crippen LogP contribution in [0.3, 0.4) is 0 Å². The van der Waals surface area contributed by atoms with Crippen LogP contribution in [0.1, 0.15) is 32.6 Å². The highest BCUT2D eigenvalue weighted by molar-refractivity contribution is 14.0. The van der Waals surface area contributed by atoms with Crippen molar-refractivity contribution in [1.29, 1.82) is 0 Å². The molecule has 2 atom stereocenters.